The van der Waals surface area contributed by atoms with Crippen LogP contribution in [-0.4, -0.2) is 38.6 Å². The topological polar surface area (TPSA) is 67.9 Å². The average Bonchev–Trinajstić information content (AvgIpc) is 2.64. The van der Waals surface area contributed by atoms with Crippen LogP contribution in [0.25, 0.3) is 0 Å². The monoisotopic (exact) mass is 342 g/mol. The van der Waals surface area contributed by atoms with E-state index in [1.165, 1.54) is 6.92 Å². The third-order valence-electron chi connectivity index (χ3n) is 3.53. The smallest absolute Gasteiger partial charge is 0.258 e. The van der Waals surface area contributed by atoms with E-state index in [0.29, 0.717) is 30.3 Å². The fourth-order valence-corrected chi connectivity index (χ4v) is 2.32. The van der Waals surface area contributed by atoms with Crippen LogP contribution in [0.3, 0.4) is 0 Å². The Balaban J connectivity index is 1.85. The minimum absolute atomic E-state index is 0.0707. The second-order valence-electron chi connectivity index (χ2n) is 5.29. The van der Waals surface area contributed by atoms with Crippen LogP contribution in [0, 0.1) is 0 Å². The number of carbonyl (C=O) groups excluding carboxylic acids is 2. The van der Waals surface area contributed by atoms with Crippen molar-refractivity contribution in [1.82, 2.24) is 5.32 Å². The molecule has 6 nitrogen and oxygen atoms in total. The van der Waals surface area contributed by atoms with Gasteiger partial charge in [0.25, 0.3) is 5.91 Å². The molecule has 2 amide bonds. The quantitative estimate of drug-likeness (QED) is 0.799. The first-order chi connectivity index (χ1) is 12.1. The number of para-hydroxylation sites is 3. The Morgan fingerprint density at radius 3 is 2.40 bits per heavy atom. The fourth-order valence-electron chi connectivity index (χ4n) is 2.32. The van der Waals surface area contributed by atoms with Crippen LogP contribution in [0.4, 0.5) is 5.69 Å². The van der Waals surface area contributed by atoms with Gasteiger partial charge in [0.05, 0.1) is 12.8 Å². The summed E-state index contributed by atoms with van der Waals surface area (Å²) in [5.74, 6) is 0.875. The van der Waals surface area contributed by atoms with E-state index in [0.717, 1.165) is 0 Å². The Kier molecular flexibility index (Phi) is 6.83. The average molecular weight is 342 g/mol. The standard InChI is InChI=1S/C19H22N2O4/c1-15(22)21(17-10-6-7-11-18(17)24-2)13-12-20-19(23)14-25-16-8-4-3-5-9-16/h3-11H,12-14H2,1-2H3,(H,20,23). The molecule has 1 N–H and O–H groups in total. The van der Waals surface area contributed by atoms with E-state index in [9.17, 15) is 9.59 Å². The summed E-state index contributed by atoms with van der Waals surface area (Å²) in [6.07, 6.45) is 0. The fraction of sp³-hybridized carbons (Fsp3) is 0.263. The van der Waals surface area contributed by atoms with Gasteiger partial charge in [-0.15, -0.1) is 0 Å². The van der Waals surface area contributed by atoms with Crippen LogP contribution in [0.15, 0.2) is 54.6 Å². The van der Waals surface area contributed by atoms with E-state index in [4.69, 9.17) is 9.47 Å². The minimum Gasteiger partial charge on any atom is -0.495 e. The first-order valence-electron chi connectivity index (χ1n) is 7.97. The van der Waals surface area contributed by atoms with Gasteiger partial charge in [0.15, 0.2) is 6.61 Å². The Hall–Kier alpha value is -3.02. The zero-order valence-electron chi connectivity index (χ0n) is 14.4. The highest BCUT2D eigenvalue weighted by molar-refractivity contribution is 5.93. The molecule has 132 valence electrons. The number of hydrogen-bond acceptors (Lipinski definition) is 4. The van der Waals surface area contributed by atoms with Gasteiger partial charge >= 0.3 is 0 Å². The summed E-state index contributed by atoms with van der Waals surface area (Å²) in [5.41, 5.74) is 0.673. The number of carbonyl (C=O) groups is 2. The lowest BCUT2D eigenvalue weighted by Crippen LogP contribution is -2.39. The molecule has 0 saturated heterocycles. The van der Waals surface area contributed by atoms with E-state index in [2.05, 4.69) is 5.32 Å². The normalized spacial score (nSPS) is 10.0. The Morgan fingerprint density at radius 2 is 1.72 bits per heavy atom. The number of amides is 2. The molecule has 0 saturated carbocycles. The second kappa shape index (κ2) is 9.32. The van der Waals surface area contributed by atoms with Crippen LogP contribution in [0.5, 0.6) is 11.5 Å². The van der Waals surface area contributed by atoms with Crippen LogP contribution in [0.2, 0.25) is 0 Å². The van der Waals surface area contributed by atoms with Crippen molar-refractivity contribution < 1.29 is 19.1 Å². The van der Waals surface area contributed by atoms with E-state index < -0.39 is 0 Å². The summed E-state index contributed by atoms with van der Waals surface area (Å²) in [6, 6.07) is 16.4. The van der Waals surface area contributed by atoms with Crippen LogP contribution >= 0.6 is 0 Å². The molecular weight excluding hydrogens is 320 g/mol. The minimum atomic E-state index is -0.243. The highest BCUT2D eigenvalue weighted by atomic mass is 16.5. The van der Waals surface area contributed by atoms with Crippen molar-refractivity contribution in [3.8, 4) is 11.5 Å². The maximum Gasteiger partial charge on any atom is 0.258 e. The van der Waals surface area contributed by atoms with Crippen molar-refractivity contribution in [2.45, 2.75) is 6.92 Å². The number of benzene rings is 2. The van der Waals surface area contributed by atoms with Crippen molar-refractivity contribution in [2.75, 3.05) is 31.7 Å². The molecule has 0 heterocycles. The molecular formula is C19H22N2O4. The first kappa shape index (κ1) is 18.3. The predicted molar refractivity (Wildman–Crippen MR) is 96.0 cm³/mol. The molecule has 0 aliphatic heterocycles. The molecule has 2 rings (SSSR count). The lowest BCUT2D eigenvalue weighted by atomic mass is 10.2. The number of hydrogen-bond donors (Lipinski definition) is 1. The molecule has 6 heteroatoms. The molecule has 0 spiro atoms. The summed E-state index contributed by atoms with van der Waals surface area (Å²) in [6.45, 7) is 2.06. The number of anilines is 1. The zero-order chi connectivity index (χ0) is 18.1. The molecule has 2 aromatic rings. The van der Waals surface area contributed by atoms with Crippen LogP contribution in [0.1, 0.15) is 6.92 Å². The third kappa shape index (κ3) is 5.53. The van der Waals surface area contributed by atoms with Crippen molar-refractivity contribution in [1.29, 1.82) is 0 Å². The molecule has 0 fully saturated rings. The Bertz CT molecular complexity index is 704. The maximum atomic E-state index is 11.9. The molecule has 25 heavy (non-hydrogen) atoms. The molecule has 0 unspecified atom stereocenters. The van der Waals surface area contributed by atoms with Gasteiger partial charge in [-0.05, 0) is 24.3 Å². The Morgan fingerprint density at radius 1 is 1.04 bits per heavy atom. The van der Waals surface area contributed by atoms with Crippen LogP contribution < -0.4 is 19.7 Å². The largest absolute Gasteiger partial charge is 0.495 e. The second-order valence-corrected chi connectivity index (χ2v) is 5.29. The van der Waals surface area contributed by atoms with Crippen molar-refractivity contribution in [2.24, 2.45) is 0 Å². The summed E-state index contributed by atoms with van der Waals surface area (Å²) >= 11 is 0. The number of rotatable bonds is 8. The van der Waals surface area contributed by atoms with Gasteiger partial charge in [0.1, 0.15) is 11.5 Å². The van der Waals surface area contributed by atoms with Crippen molar-refractivity contribution in [3.05, 3.63) is 54.6 Å². The summed E-state index contributed by atoms with van der Waals surface area (Å²) in [4.78, 5) is 25.4. The van der Waals surface area contributed by atoms with Gasteiger partial charge in [-0.1, -0.05) is 30.3 Å². The van der Waals surface area contributed by atoms with Gasteiger partial charge < -0.3 is 19.7 Å². The van der Waals surface area contributed by atoms with Gasteiger partial charge in [-0.2, -0.15) is 0 Å². The van der Waals surface area contributed by atoms with Gasteiger partial charge in [-0.3, -0.25) is 9.59 Å². The van der Waals surface area contributed by atoms with Gasteiger partial charge in [0, 0.05) is 20.0 Å². The number of methoxy groups -OCH3 is 1. The van der Waals surface area contributed by atoms with Crippen molar-refractivity contribution in [3.63, 3.8) is 0 Å². The zero-order valence-corrected chi connectivity index (χ0v) is 14.4. The van der Waals surface area contributed by atoms with E-state index >= 15 is 0 Å². The predicted octanol–water partition coefficient (Wildman–Crippen LogP) is 2.24. The van der Waals surface area contributed by atoms with Gasteiger partial charge in [-0.25, -0.2) is 0 Å². The molecule has 0 aliphatic rings. The number of ether oxygens (including phenoxy) is 2. The lowest BCUT2D eigenvalue weighted by Gasteiger charge is -2.23. The lowest BCUT2D eigenvalue weighted by molar-refractivity contribution is -0.123. The first-order valence-corrected chi connectivity index (χ1v) is 7.97. The molecule has 0 atom stereocenters. The Labute approximate surface area is 147 Å². The summed E-state index contributed by atoms with van der Waals surface area (Å²) < 4.78 is 10.7. The van der Waals surface area contributed by atoms with E-state index in [1.54, 1.807) is 36.3 Å². The SMILES string of the molecule is COc1ccccc1N(CCNC(=O)COc1ccccc1)C(C)=O. The van der Waals surface area contributed by atoms with Crippen LogP contribution in [-0.2, 0) is 9.59 Å². The van der Waals surface area contributed by atoms with E-state index in [-0.39, 0.29) is 18.4 Å². The summed E-state index contributed by atoms with van der Waals surface area (Å²) in [5, 5.41) is 2.75. The van der Waals surface area contributed by atoms with Crippen molar-refractivity contribution >= 4 is 17.5 Å². The molecule has 0 bridgehead atoms. The number of nitrogens with zero attached hydrogens (tertiary/aromatic N) is 1. The molecule has 0 aromatic heterocycles. The molecule has 0 aliphatic carbocycles. The molecule has 2 aromatic carbocycles. The number of nitrogens with one attached hydrogen (secondary N) is 1. The highest BCUT2D eigenvalue weighted by Gasteiger charge is 2.15. The van der Waals surface area contributed by atoms with E-state index in [1.807, 2.05) is 30.3 Å². The third-order valence-corrected chi connectivity index (χ3v) is 3.53. The molecule has 0 radical (unpaired) electrons. The maximum absolute atomic E-state index is 11.9. The highest BCUT2D eigenvalue weighted by Crippen LogP contribution is 2.27. The summed E-state index contributed by atoms with van der Waals surface area (Å²) in [7, 11) is 1.56. The van der Waals surface area contributed by atoms with Gasteiger partial charge in [0.2, 0.25) is 5.91 Å².